The summed E-state index contributed by atoms with van der Waals surface area (Å²) in [6.45, 7) is 3.84. The summed E-state index contributed by atoms with van der Waals surface area (Å²) in [7, 11) is 0. The fourth-order valence-corrected chi connectivity index (χ4v) is 5.79. The van der Waals surface area contributed by atoms with Gasteiger partial charge < -0.3 is 9.47 Å². The second-order valence-electron chi connectivity index (χ2n) is 9.11. The summed E-state index contributed by atoms with van der Waals surface area (Å²) in [5.41, 5.74) is 2.53. The summed E-state index contributed by atoms with van der Waals surface area (Å²) >= 11 is 7.77. The van der Waals surface area contributed by atoms with Crippen LogP contribution in [0.3, 0.4) is 0 Å². The molecule has 11 heteroatoms. The number of fused-ring (bicyclic) bond motifs is 1. The highest BCUT2D eigenvalue weighted by Gasteiger charge is 2.34. The number of rotatable bonds is 8. The van der Waals surface area contributed by atoms with Gasteiger partial charge in [0.15, 0.2) is 4.80 Å². The number of nitro benzene ring substituents is 1. The topological polar surface area (TPSA) is 113 Å². The molecule has 0 amide bonds. The van der Waals surface area contributed by atoms with E-state index >= 15 is 0 Å². The van der Waals surface area contributed by atoms with Crippen LogP contribution < -0.4 is 19.6 Å². The number of allylic oxidation sites excluding steroid dienone is 1. The molecule has 0 unspecified atom stereocenters. The van der Waals surface area contributed by atoms with Crippen molar-refractivity contribution in [1.29, 1.82) is 0 Å². The van der Waals surface area contributed by atoms with Crippen LogP contribution in [0.2, 0.25) is 5.02 Å². The fourth-order valence-electron chi connectivity index (χ4n) is 4.51. The Morgan fingerprint density at radius 3 is 2.61 bits per heavy atom. The number of aromatic nitrogens is 1. The van der Waals surface area contributed by atoms with Crippen molar-refractivity contribution in [2.45, 2.75) is 26.5 Å². The first-order valence-electron chi connectivity index (χ1n) is 12.7. The fraction of sp³-hybridized carbons (Fsp3) is 0.167. The van der Waals surface area contributed by atoms with Crippen LogP contribution in [0, 0.1) is 10.1 Å². The number of non-ortho nitro benzene ring substituents is 1. The molecule has 3 aromatic carbocycles. The number of carbonyl (C=O) groups is 1. The second kappa shape index (κ2) is 11.9. The van der Waals surface area contributed by atoms with Gasteiger partial charge in [-0.3, -0.25) is 19.5 Å². The van der Waals surface area contributed by atoms with Gasteiger partial charge in [-0.15, -0.1) is 0 Å². The minimum Gasteiger partial charge on any atom is -0.489 e. The van der Waals surface area contributed by atoms with Crippen LogP contribution in [0.5, 0.6) is 5.75 Å². The van der Waals surface area contributed by atoms with Crippen molar-refractivity contribution in [3.05, 3.63) is 136 Å². The Bertz CT molecular complexity index is 1860. The Morgan fingerprint density at radius 2 is 1.90 bits per heavy atom. The van der Waals surface area contributed by atoms with E-state index in [1.807, 2.05) is 12.1 Å². The minimum absolute atomic E-state index is 0.0126. The highest BCUT2D eigenvalue weighted by atomic mass is 35.5. The van der Waals surface area contributed by atoms with Crippen LogP contribution in [0.15, 0.2) is 93.9 Å². The summed E-state index contributed by atoms with van der Waals surface area (Å²) in [5.74, 6) is 0.0186. The first-order chi connectivity index (χ1) is 19.8. The number of ether oxygens (including phenoxy) is 2. The molecule has 5 rings (SSSR count). The highest BCUT2D eigenvalue weighted by Crippen LogP contribution is 2.34. The molecule has 1 aliphatic heterocycles. The van der Waals surface area contributed by atoms with Crippen LogP contribution in [0.4, 0.5) is 5.69 Å². The third kappa shape index (κ3) is 5.84. The Morgan fingerprint density at radius 1 is 1.15 bits per heavy atom. The van der Waals surface area contributed by atoms with Crippen LogP contribution >= 0.6 is 22.9 Å². The lowest BCUT2D eigenvalue weighted by atomic mass is 9.96. The van der Waals surface area contributed by atoms with Crippen LogP contribution in [0.1, 0.15) is 36.6 Å². The molecule has 0 aliphatic carbocycles. The van der Waals surface area contributed by atoms with Crippen molar-refractivity contribution in [1.82, 2.24) is 4.57 Å². The molecule has 0 spiro atoms. The molecule has 0 saturated heterocycles. The number of carbonyl (C=O) groups excluding carboxylic acids is 1. The van der Waals surface area contributed by atoms with E-state index in [2.05, 4.69) is 4.99 Å². The van der Waals surface area contributed by atoms with Crippen molar-refractivity contribution in [2.75, 3.05) is 6.61 Å². The third-order valence-corrected chi connectivity index (χ3v) is 7.75. The molecule has 1 aliphatic rings. The Hall–Kier alpha value is -4.54. The van der Waals surface area contributed by atoms with E-state index in [1.54, 1.807) is 68.5 Å². The van der Waals surface area contributed by atoms with Crippen LogP contribution in [0.25, 0.3) is 6.08 Å². The predicted octanol–water partition coefficient (Wildman–Crippen LogP) is 4.94. The lowest BCUT2D eigenvalue weighted by Gasteiger charge is -2.25. The van der Waals surface area contributed by atoms with E-state index in [9.17, 15) is 19.7 Å². The lowest BCUT2D eigenvalue weighted by Crippen LogP contribution is -2.40. The van der Waals surface area contributed by atoms with E-state index in [-0.39, 0.29) is 30.0 Å². The molecule has 41 heavy (non-hydrogen) atoms. The average molecular weight is 590 g/mol. The van der Waals surface area contributed by atoms with Crippen molar-refractivity contribution >= 4 is 40.7 Å². The zero-order chi connectivity index (χ0) is 29.1. The lowest BCUT2D eigenvalue weighted by molar-refractivity contribution is -0.384. The van der Waals surface area contributed by atoms with Gasteiger partial charge in [0.2, 0.25) is 0 Å². The molecule has 208 valence electrons. The summed E-state index contributed by atoms with van der Waals surface area (Å²) in [6.07, 6.45) is 1.75. The third-order valence-electron chi connectivity index (χ3n) is 6.43. The smallest absolute Gasteiger partial charge is 0.338 e. The van der Waals surface area contributed by atoms with E-state index in [0.29, 0.717) is 31.4 Å². The van der Waals surface area contributed by atoms with Crippen molar-refractivity contribution in [3.8, 4) is 5.75 Å². The molecule has 0 radical (unpaired) electrons. The number of esters is 1. The number of halogens is 1. The summed E-state index contributed by atoms with van der Waals surface area (Å²) in [4.78, 5) is 42.3. The van der Waals surface area contributed by atoms with Gasteiger partial charge in [0.1, 0.15) is 18.4 Å². The minimum atomic E-state index is -0.794. The van der Waals surface area contributed by atoms with Crippen LogP contribution in [-0.4, -0.2) is 22.1 Å². The molecular formula is C30H24ClN3O6S. The van der Waals surface area contributed by atoms with Gasteiger partial charge in [0.05, 0.1) is 27.3 Å². The summed E-state index contributed by atoms with van der Waals surface area (Å²) in [6, 6.07) is 19.7. The normalized spacial score (nSPS) is 14.8. The zero-order valence-corrected chi connectivity index (χ0v) is 23.6. The number of hydrogen-bond acceptors (Lipinski definition) is 8. The molecule has 0 fully saturated rings. The number of thiazole rings is 1. The summed E-state index contributed by atoms with van der Waals surface area (Å²) in [5, 5.41) is 11.3. The van der Waals surface area contributed by atoms with Gasteiger partial charge in [-0.05, 0) is 66.9 Å². The number of hydrogen-bond donors (Lipinski definition) is 0. The molecule has 4 aromatic rings. The van der Waals surface area contributed by atoms with Gasteiger partial charge in [-0.2, -0.15) is 0 Å². The van der Waals surface area contributed by atoms with Gasteiger partial charge in [0, 0.05) is 17.2 Å². The Labute approximate surface area is 243 Å². The zero-order valence-electron chi connectivity index (χ0n) is 22.1. The Balaban J connectivity index is 1.51. The quantitative estimate of drug-likeness (QED) is 0.163. The standard InChI is InChI=1S/C30H24ClN3O6S/c1-3-39-29(36)26-18(2)32-30-33(27(26)23-9-4-5-10-24(23)31)28(35)25(41-30)16-20-7-6-8-22(15-20)40-17-19-11-13-21(14-12-19)34(37)38/h4-16,27H,3,17H2,1-2H3/b25-16-/t27-/m1/s1. The summed E-state index contributed by atoms with van der Waals surface area (Å²) < 4.78 is 13.1. The first-order valence-corrected chi connectivity index (χ1v) is 13.9. The maximum Gasteiger partial charge on any atom is 0.338 e. The van der Waals surface area contributed by atoms with E-state index in [4.69, 9.17) is 21.1 Å². The largest absolute Gasteiger partial charge is 0.489 e. The predicted molar refractivity (Wildman–Crippen MR) is 156 cm³/mol. The molecule has 2 heterocycles. The maximum absolute atomic E-state index is 13.8. The maximum atomic E-state index is 13.8. The molecule has 1 aromatic heterocycles. The van der Waals surface area contributed by atoms with Gasteiger partial charge in [-0.1, -0.05) is 53.3 Å². The van der Waals surface area contributed by atoms with Gasteiger partial charge in [-0.25, -0.2) is 9.79 Å². The molecule has 0 saturated carbocycles. The number of nitro groups is 1. The molecular weight excluding hydrogens is 566 g/mol. The van der Waals surface area contributed by atoms with Crippen molar-refractivity contribution in [2.24, 2.45) is 4.99 Å². The molecule has 1 atom stereocenters. The van der Waals surface area contributed by atoms with E-state index in [0.717, 1.165) is 11.1 Å². The SMILES string of the molecule is CCOC(=O)C1=C(C)N=c2s/c(=C\c3cccc(OCc4ccc([N+](=O)[O-])cc4)c3)c(=O)n2[C@@H]1c1ccccc1Cl. The molecule has 0 bridgehead atoms. The number of nitrogens with zero attached hydrogens (tertiary/aromatic N) is 3. The van der Waals surface area contributed by atoms with Crippen molar-refractivity contribution in [3.63, 3.8) is 0 Å². The molecule has 9 nitrogen and oxygen atoms in total. The van der Waals surface area contributed by atoms with Gasteiger partial charge in [0.25, 0.3) is 11.2 Å². The Kier molecular flexibility index (Phi) is 8.14. The highest BCUT2D eigenvalue weighted by molar-refractivity contribution is 7.07. The first kappa shape index (κ1) is 28.0. The number of benzene rings is 3. The van der Waals surface area contributed by atoms with Crippen molar-refractivity contribution < 1.29 is 19.2 Å². The van der Waals surface area contributed by atoms with E-state index < -0.39 is 16.9 Å². The van der Waals surface area contributed by atoms with Crippen LogP contribution in [-0.2, 0) is 16.1 Å². The monoisotopic (exact) mass is 589 g/mol. The average Bonchev–Trinajstić information content (AvgIpc) is 3.26. The second-order valence-corrected chi connectivity index (χ2v) is 10.5. The molecule has 0 N–H and O–H groups in total. The van der Waals surface area contributed by atoms with Gasteiger partial charge >= 0.3 is 5.97 Å². The van der Waals surface area contributed by atoms with E-state index in [1.165, 1.54) is 28.0 Å².